The Kier molecular flexibility index (Phi) is 6.25. The summed E-state index contributed by atoms with van der Waals surface area (Å²) in [7, 11) is 1.76. The minimum absolute atomic E-state index is 0.0636. The molecular weight excluding hydrogens is 264 g/mol. The fraction of sp³-hybridized carbons (Fsp3) is 0.571. The third-order valence-electron chi connectivity index (χ3n) is 2.68. The number of ether oxygens (including phenoxy) is 1. The number of hydrogen-bond donors (Lipinski definition) is 0. The Morgan fingerprint density at radius 2 is 2.16 bits per heavy atom. The van der Waals surface area contributed by atoms with Gasteiger partial charge in [0, 0.05) is 24.8 Å². The van der Waals surface area contributed by atoms with Crippen LogP contribution in [0.25, 0.3) is 0 Å². The molecule has 0 bridgehead atoms. The summed E-state index contributed by atoms with van der Waals surface area (Å²) in [5, 5.41) is 0.356. The van der Waals surface area contributed by atoms with Crippen LogP contribution in [0.1, 0.15) is 36.8 Å². The van der Waals surface area contributed by atoms with Gasteiger partial charge in [0.1, 0.15) is 5.15 Å². The number of halogens is 1. The number of hydrogen-bond acceptors (Lipinski definition) is 3. The molecule has 1 aromatic rings. The first-order valence-corrected chi connectivity index (χ1v) is 6.85. The van der Waals surface area contributed by atoms with E-state index in [1.54, 1.807) is 24.1 Å². The van der Waals surface area contributed by atoms with Gasteiger partial charge in [-0.25, -0.2) is 4.98 Å². The van der Waals surface area contributed by atoms with Gasteiger partial charge in [0.2, 0.25) is 0 Å². The van der Waals surface area contributed by atoms with Crippen LogP contribution < -0.4 is 0 Å². The molecule has 0 saturated heterocycles. The van der Waals surface area contributed by atoms with Crippen molar-refractivity contribution in [3.63, 3.8) is 0 Å². The molecule has 0 N–H and O–H groups in total. The Labute approximate surface area is 119 Å². The van der Waals surface area contributed by atoms with E-state index in [4.69, 9.17) is 16.3 Å². The molecule has 0 saturated carbocycles. The lowest BCUT2D eigenvalue weighted by Gasteiger charge is -2.18. The highest BCUT2D eigenvalue weighted by Gasteiger charge is 2.13. The Hall–Kier alpha value is -1.13. The van der Waals surface area contributed by atoms with E-state index in [1.165, 1.54) is 0 Å². The molecule has 19 heavy (non-hydrogen) atoms. The molecular formula is C14H21ClN2O2. The van der Waals surface area contributed by atoms with E-state index >= 15 is 0 Å². The summed E-state index contributed by atoms with van der Waals surface area (Å²) in [5.74, 6) is -0.0636. The van der Waals surface area contributed by atoms with E-state index in [0.29, 0.717) is 23.9 Å². The summed E-state index contributed by atoms with van der Waals surface area (Å²) < 4.78 is 5.43. The van der Waals surface area contributed by atoms with Crippen molar-refractivity contribution in [3.8, 4) is 0 Å². The molecule has 106 valence electrons. The molecule has 0 fully saturated rings. The van der Waals surface area contributed by atoms with Crippen LogP contribution in [0.3, 0.4) is 0 Å². The quantitative estimate of drug-likeness (QED) is 0.755. The molecule has 0 atom stereocenters. The molecule has 1 heterocycles. The maximum atomic E-state index is 12.2. The van der Waals surface area contributed by atoms with Crippen molar-refractivity contribution in [2.45, 2.75) is 33.3 Å². The molecule has 0 radical (unpaired) electrons. The van der Waals surface area contributed by atoms with Gasteiger partial charge in [-0.15, -0.1) is 0 Å². The predicted molar refractivity (Wildman–Crippen MR) is 76.7 cm³/mol. The van der Waals surface area contributed by atoms with E-state index in [0.717, 1.165) is 12.1 Å². The Morgan fingerprint density at radius 1 is 1.47 bits per heavy atom. The zero-order valence-electron chi connectivity index (χ0n) is 11.9. The molecule has 0 aliphatic carbocycles. The number of aromatic nitrogens is 1. The van der Waals surface area contributed by atoms with Crippen LogP contribution in [0.4, 0.5) is 0 Å². The first-order valence-electron chi connectivity index (χ1n) is 6.47. The van der Waals surface area contributed by atoms with Crippen LogP contribution in [-0.4, -0.2) is 42.1 Å². The normalized spacial score (nSPS) is 10.8. The highest BCUT2D eigenvalue weighted by molar-refractivity contribution is 6.29. The van der Waals surface area contributed by atoms with Gasteiger partial charge >= 0.3 is 0 Å². The van der Waals surface area contributed by atoms with Gasteiger partial charge in [0.25, 0.3) is 5.91 Å². The number of carbonyl (C=O) groups is 1. The topological polar surface area (TPSA) is 42.4 Å². The van der Waals surface area contributed by atoms with Crippen LogP contribution in [0, 0.1) is 0 Å². The van der Waals surface area contributed by atoms with Crippen molar-refractivity contribution >= 4 is 17.5 Å². The third kappa shape index (κ3) is 5.17. The van der Waals surface area contributed by atoms with E-state index in [9.17, 15) is 4.79 Å². The van der Waals surface area contributed by atoms with Crippen molar-refractivity contribution < 1.29 is 9.53 Å². The zero-order chi connectivity index (χ0) is 14.4. The number of carbonyl (C=O) groups excluding carboxylic acids is 1. The highest BCUT2D eigenvalue weighted by atomic mass is 35.5. The van der Waals surface area contributed by atoms with Crippen LogP contribution in [-0.2, 0) is 11.2 Å². The summed E-state index contributed by atoms with van der Waals surface area (Å²) >= 11 is 5.92. The van der Waals surface area contributed by atoms with Gasteiger partial charge in [0.15, 0.2) is 0 Å². The lowest BCUT2D eigenvalue weighted by molar-refractivity contribution is 0.0532. The van der Waals surface area contributed by atoms with Gasteiger partial charge in [-0.05, 0) is 32.4 Å². The molecule has 1 amide bonds. The lowest BCUT2D eigenvalue weighted by atomic mass is 10.2. The fourth-order valence-corrected chi connectivity index (χ4v) is 1.83. The number of nitrogens with zero attached hydrogens (tertiary/aromatic N) is 2. The molecule has 0 unspecified atom stereocenters. The largest absolute Gasteiger partial charge is 0.377 e. The first kappa shape index (κ1) is 15.9. The minimum atomic E-state index is -0.0636. The molecule has 0 aliphatic heterocycles. The van der Waals surface area contributed by atoms with E-state index in [1.807, 2.05) is 20.8 Å². The average Bonchev–Trinajstić information content (AvgIpc) is 2.36. The van der Waals surface area contributed by atoms with Gasteiger partial charge < -0.3 is 9.64 Å². The Balaban J connectivity index is 2.68. The van der Waals surface area contributed by atoms with Gasteiger partial charge in [0.05, 0.1) is 12.7 Å². The number of pyridine rings is 1. The van der Waals surface area contributed by atoms with E-state index in [-0.39, 0.29) is 12.0 Å². The molecule has 1 aromatic heterocycles. The summed E-state index contributed by atoms with van der Waals surface area (Å²) in [6, 6.07) is 3.39. The summed E-state index contributed by atoms with van der Waals surface area (Å²) in [6.45, 7) is 7.00. The monoisotopic (exact) mass is 284 g/mol. The lowest BCUT2D eigenvalue weighted by Crippen LogP contribution is -2.31. The Morgan fingerprint density at radius 3 is 2.74 bits per heavy atom. The minimum Gasteiger partial charge on any atom is -0.377 e. The third-order valence-corrected chi connectivity index (χ3v) is 2.87. The second-order valence-corrected chi connectivity index (χ2v) is 5.06. The van der Waals surface area contributed by atoms with Crippen LogP contribution in [0.2, 0.25) is 5.15 Å². The molecule has 0 aliphatic rings. The van der Waals surface area contributed by atoms with Crippen LogP contribution in [0.5, 0.6) is 0 Å². The molecule has 0 aromatic carbocycles. The number of aryl methyl sites for hydroxylation is 1. The van der Waals surface area contributed by atoms with Gasteiger partial charge in [-0.2, -0.15) is 0 Å². The zero-order valence-corrected chi connectivity index (χ0v) is 12.7. The molecule has 0 spiro atoms. The standard InChI is InChI=1S/C14H21ClN2O2/c1-5-12-8-11(9-13(15)16-12)14(18)17(4)6-7-19-10(2)3/h8-10H,5-7H2,1-4H3. The summed E-state index contributed by atoms with van der Waals surface area (Å²) in [5.41, 5.74) is 1.39. The van der Waals surface area contributed by atoms with Crippen LogP contribution >= 0.6 is 11.6 Å². The maximum Gasteiger partial charge on any atom is 0.253 e. The maximum absolute atomic E-state index is 12.2. The smallest absolute Gasteiger partial charge is 0.253 e. The predicted octanol–water partition coefficient (Wildman–Crippen LogP) is 2.79. The molecule has 4 nitrogen and oxygen atoms in total. The van der Waals surface area contributed by atoms with Gasteiger partial charge in [-0.3, -0.25) is 4.79 Å². The molecule has 1 rings (SSSR count). The number of amides is 1. The van der Waals surface area contributed by atoms with Crippen LogP contribution in [0.15, 0.2) is 12.1 Å². The SMILES string of the molecule is CCc1cc(C(=O)N(C)CCOC(C)C)cc(Cl)n1. The fourth-order valence-electron chi connectivity index (χ4n) is 1.60. The van der Waals surface area contributed by atoms with Crippen molar-refractivity contribution in [2.75, 3.05) is 20.2 Å². The second kappa shape index (κ2) is 7.46. The number of rotatable bonds is 6. The van der Waals surface area contributed by atoms with Crippen molar-refractivity contribution in [3.05, 3.63) is 28.5 Å². The summed E-state index contributed by atoms with van der Waals surface area (Å²) in [6.07, 6.45) is 0.923. The average molecular weight is 285 g/mol. The van der Waals surface area contributed by atoms with Crippen molar-refractivity contribution in [1.82, 2.24) is 9.88 Å². The van der Waals surface area contributed by atoms with E-state index < -0.39 is 0 Å². The first-order chi connectivity index (χ1) is 8.93. The van der Waals surface area contributed by atoms with Crippen molar-refractivity contribution in [1.29, 1.82) is 0 Å². The highest BCUT2D eigenvalue weighted by Crippen LogP contribution is 2.13. The Bertz CT molecular complexity index is 435. The second-order valence-electron chi connectivity index (χ2n) is 4.67. The van der Waals surface area contributed by atoms with E-state index in [2.05, 4.69) is 4.98 Å². The molecule has 5 heteroatoms. The summed E-state index contributed by atoms with van der Waals surface area (Å²) in [4.78, 5) is 18.0. The van der Waals surface area contributed by atoms with Crippen molar-refractivity contribution in [2.24, 2.45) is 0 Å². The van der Waals surface area contributed by atoms with Gasteiger partial charge in [-0.1, -0.05) is 18.5 Å². The number of likely N-dealkylation sites (N-methyl/N-ethyl adjacent to an activating group) is 1.